The third kappa shape index (κ3) is 5.40. The fourth-order valence-corrected chi connectivity index (χ4v) is 3.82. The predicted molar refractivity (Wildman–Crippen MR) is 109 cm³/mol. The number of primary amides is 1. The maximum absolute atomic E-state index is 13.2. The van der Waals surface area contributed by atoms with Crippen molar-refractivity contribution in [3.8, 4) is 5.75 Å². The van der Waals surface area contributed by atoms with Crippen LogP contribution in [0, 0.1) is 0 Å². The van der Waals surface area contributed by atoms with Gasteiger partial charge in [0.25, 0.3) is 5.91 Å². The highest BCUT2D eigenvalue weighted by Gasteiger charge is 2.39. The number of pyridine rings is 1. The molecule has 9 heteroatoms. The zero-order valence-corrected chi connectivity index (χ0v) is 17.8. The Morgan fingerprint density at radius 2 is 1.90 bits per heavy atom. The number of carbonyl (C=O) groups excluding carboxylic acids is 3. The number of aromatic nitrogens is 1. The molecule has 2 atom stereocenters. The zero-order valence-electron chi connectivity index (χ0n) is 17.8. The van der Waals surface area contributed by atoms with E-state index in [4.69, 9.17) is 15.2 Å². The van der Waals surface area contributed by atoms with Crippen molar-refractivity contribution in [3.05, 3.63) is 24.0 Å². The van der Waals surface area contributed by atoms with Crippen LogP contribution in [0.3, 0.4) is 0 Å². The van der Waals surface area contributed by atoms with Crippen LogP contribution in [-0.2, 0) is 9.53 Å². The van der Waals surface area contributed by atoms with Gasteiger partial charge in [0, 0.05) is 25.4 Å². The van der Waals surface area contributed by atoms with Crippen molar-refractivity contribution in [1.29, 1.82) is 0 Å². The molecule has 1 aromatic rings. The van der Waals surface area contributed by atoms with Crippen LogP contribution in [-0.4, -0.2) is 70.1 Å². The summed E-state index contributed by atoms with van der Waals surface area (Å²) >= 11 is 0. The first kappa shape index (κ1) is 21.9. The molecular formula is C21H30N4O5. The van der Waals surface area contributed by atoms with Gasteiger partial charge in [-0.25, -0.2) is 4.79 Å². The molecule has 0 radical (unpaired) electrons. The summed E-state index contributed by atoms with van der Waals surface area (Å²) in [6, 6.07) is 2.67. The minimum absolute atomic E-state index is 0.0702. The number of amides is 3. The second-order valence-electron chi connectivity index (χ2n) is 8.74. The van der Waals surface area contributed by atoms with Gasteiger partial charge >= 0.3 is 6.09 Å². The minimum atomic E-state index is -0.621. The van der Waals surface area contributed by atoms with E-state index in [1.807, 2.05) is 20.8 Å². The van der Waals surface area contributed by atoms with Crippen molar-refractivity contribution in [3.63, 3.8) is 0 Å². The van der Waals surface area contributed by atoms with Crippen LogP contribution in [0.15, 0.2) is 18.3 Å². The first-order valence-corrected chi connectivity index (χ1v) is 10.3. The van der Waals surface area contributed by atoms with Gasteiger partial charge in [-0.1, -0.05) is 0 Å². The summed E-state index contributed by atoms with van der Waals surface area (Å²) < 4.78 is 11.5. The fraction of sp³-hybridized carbons (Fsp3) is 0.619. The third-order valence-corrected chi connectivity index (χ3v) is 5.14. The molecule has 2 aliphatic heterocycles. The standard InChI is InChI=1S/C21H30N4O5/c1-21(2,3)30-20(28)25-11-5-7-17(25)19(27)24-10-4-6-15(13-24)29-14-8-9-23-16(12-14)18(22)26/h8-9,12,15,17H,4-7,10-11,13H2,1-3H3,(H2,22,26). The average molecular weight is 418 g/mol. The van der Waals surface area contributed by atoms with Gasteiger partial charge in [0.05, 0.1) is 6.54 Å². The third-order valence-electron chi connectivity index (χ3n) is 5.14. The Bertz CT molecular complexity index is 807. The van der Waals surface area contributed by atoms with Gasteiger partial charge in [0.1, 0.15) is 29.2 Å². The van der Waals surface area contributed by atoms with E-state index in [0.29, 0.717) is 31.8 Å². The summed E-state index contributed by atoms with van der Waals surface area (Å²) in [7, 11) is 0. The number of nitrogens with zero attached hydrogens (tertiary/aromatic N) is 3. The smallest absolute Gasteiger partial charge is 0.410 e. The molecule has 2 N–H and O–H groups in total. The quantitative estimate of drug-likeness (QED) is 0.799. The topological polar surface area (TPSA) is 115 Å². The van der Waals surface area contributed by atoms with E-state index >= 15 is 0 Å². The van der Waals surface area contributed by atoms with E-state index < -0.39 is 23.6 Å². The molecule has 2 fully saturated rings. The summed E-state index contributed by atoms with van der Waals surface area (Å²) in [5.74, 6) is -0.196. The van der Waals surface area contributed by atoms with Crippen molar-refractivity contribution < 1.29 is 23.9 Å². The lowest BCUT2D eigenvalue weighted by Crippen LogP contribution is -2.53. The van der Waals surface area contributed by atoms with Crippen LogP contribution in [0.5, 0.6) is 5.75 Å². The van der Waals surface area contributed by atoms with Crippen molar-refractivity contribution in [2.45, 2.75) is 64.2 Å². The molecule has 9 nitrogen and oxygen atoms in total. The molecule has 0 spiro atoms. The van der Waals surface area contributed by atoms with Crippen molar-refractivity contribution in [2.75, 3.05) is 19.6 Å². The van der Waals surface area contributed by atoms with Gasteiger partial charge in [0.15, 0.2) is 0 Å². The molecule has 3 heterocycles. The number of hydrogen-bond acceptors (Lipinski definition) is 6. The Balaban J connectivity index is 1.63. The Hall–Kier alpha value is -2.84. The number of likely N-dealkylation sites (tertiary alicyclic amines) is 2. The van der Waals surface area contributed by atoms with Gasteiger partial charge in [-0.3, -0.25) is 19.5 Å². The van der Waals surface area contributed by atoms with Crippen LogP contribution >= 0.6 is 0 Å². The molecule has 0 bridgehead atoms. The van der Waals surface area contributed by atoms with E-state index in [0.717, 1.165) is 19.3 Å². The van der Waals surface area contributed by atoms with Crippen LogP contribution in [0.2, 0.25) is 0 Å². The number of nitrogens with two attached hydrogens (primary N) is 1. The lowest BCUT2D eigenvalue weighted by molar-refractivity contribution is -0.138. The number of hydrogen-bond donors (Lipinski definition) is 1. The maximum atomic E-state index is 13.2. The Morgan fingerprint density at radius 3 is 2.60 bits per heavy atom. The number of ether oxygens (including phenoxy) is 2. The van der Waals surface area contributed by atoms with Gasteiger partial charge in [-0.05, 0) is 52.5 Å². The average Bonchev–Trinajstić information content (AvgIpc) is 3.16. The molecule has 0 aliphatic carbocycles. The molecule has 3 amide bonds. The van der Waals surface area contributed by atoms with Crippen molar-refractivity contribution >= 4 is 17.9 Å². The summed E-state index contributed by atoms with van der Waals surface area (Å²) in [6.07, 6.45) is 3.81. The monoisotopic (exact) mass is 418 g/mol. The molecule has 164 valence electrons. The maximum Gasteiger partial charge on any atom is 0.410 e. The van der Waals surface area contributed by atoms with Gasteiger partial charge in [-0.15, -0.1) is 0 Å². The first-order chi connectivity index (χ1) is 14.1. The van der Waals surface area contributed by atoms with Crippen LogP contribution in [0.1, 0.15) is 56.9 Å². The van der Waals surface area contributed by atoms with E-state index in [1.165, 1.54) is 12.3 Å². The lowest BCUT2D eigenvalue weighted by atomic mass is 10.1. The molecule has 30 heavy (non-hydrogen) atoms. The highest BCUT2D eigenvalue weighted by atomic mass is 16.6. The first-order valence-electron chi connectivity index (χ1n) is 10.3. The SMILES string of the molecule is CC(C)(C)OC(=O)N1CCCC1C(=O)N1CCCC(Oc2ccnc(C(N)=O)c2)C1. The lowest BCUT2D eigenvalue weighted by Gasteiger charge is -2.36. The molecule has 1 aromatic heterocycles. The van der Waals surface area contributed by atoms with Gasteiger partial charge < -0.3 is 20.1 Å². The molecule has 2 unspecified atom stereocenters. The van der Waals surface area contributed by atoms with E-state index in [9.17, 15) is 14.4 Å². The predicted octanol–water partition coefficient (Wildman–Crippen LogP) is 1.95. The Morgan fingerprint density at radius 1 is 1.17 bits per heavy atom. The molecule has 0 aromatic carbocycles. The minimum Gasteiger partial charge on any atom is -0.488 e. The molecule has 2 aliphatic rings. The van der Waals surface area contributed by atoms with Gasteiger partial charge in [0.2, 0.25) is 5.91 Å². The molecule has 2 saturated heterocycles. The second kappa shape index (κ2) is 8.89. The molecule has 0 saturated carbocycles. The summed E-state index contributed by atoms with van der Waals surface area (Å²) in [5.41, 5.74) is 4.80. The highest BCUT2D eigenvalue weighted by molar-refractivity contribution is 5.91. The van der Waals surface area contributed by atoms with Crippen molar-refractivity contribution in [2.24, 2.45) is 5.73 Å². The number of carbonyl (C=O) groups is 3. The highest BCUT2D eigenvalue weighted by Crippen LogP contribution is 2.25. The number of piperidine rings is 1. The van der Waals surface area contributed by atoms with E-state index in [-0.39, 0.29) is 17.7 Å². The Labute approximate surface area is 176 Å². The number of rotatable bonds is 4. The van der Waals surface area contributed by atoms with E-state index in [1.54, 1.807) is 15.9 Å². The largest absolute Gasteiger partial charge is 0.488 e. The summed E-state index contributed by atoms with van der Waals surface area (Å²) in [6.45, 7) is 7.01. The van der Waals surface area contributed by atoms with E-state index in [2.05, 4.69) is 4.98 Å². The van der Waals surface area contributed by atoms with Crippen LogP contribution < -0.4 is 10.5 Å². The van der Waals surface area contributed by atoms with Gasteiger partial charge in [-0.2, -0.15) is 0 Å². The zero-order chi connectivity index (χ0) is 21.9. The summed E-state index contributed by atoms with van der Waals surface area (Å²) in [5, 5.41) is 0. The van der Waals surface area contributed by atoms with Crippen LogP contribution in [0.4, 0.5) is 4.79 Å². The van der Waals surface area contributed by atoms with Crippen molar-refractivity contribution in [1.82, 2.24) is 14.8 Å². The normalized spacial score (nSPS) is 22.0. The second-order valence-corrected chi connectivity index (χ2v) is 8.74. The van der Waals surface area contributed by atoms with Crippen LogP contribution in [0.25, 0.3) is 0 Å². The molecular weight excluding hydrogens is 388 g/mol. The molecule has 3 rings (SSSR count). The fourth-order valence-electron chi connectivity index (χ4n) is 3.82. The summed E-state index contributed by atoms with van der Waals surface area (Å²) in [4.78, 5) is 44.2. The Kier molecular flexibility index (Phi) is 6.48.